The molecule has 4 nitrogen and oxygen atoms in total. The van der Waals surface area contributed by atoms with E-state index in [2.05, 4.69) is 10.2 Å². The highest BCUT2D eigenvalue weighted by atomic mass is 16.5. The zero-order chi connectivity index (χ0) is 14.5. The summed E-state index contributed by atoms with van der Waals surface area (Å²) in [4.78, 5) is 2.63. The molecule has 0 aromatic heterocycles. The molecule has 1 N–H and O–H groups in total. The molecule has 4 heteroatoms. The average molecular weight is 290 g/mol. The molecule has 0 radical (unpaired) electrons. The maximum atomic E-state index is 5.86. The van der Waals surface area contributed by atoms with Crippen molar-refractivity contribution in [1.82, 2.24) is 10.2 Å². The van der Waals surface area contributed by atoms with Gasteiger partial charge >= 0.3 is 0 Å². The van der Waals surface area contributed by atoms with E-state index in [0.29, 0.717) is 19.3 Å². The number of hydrogen-bond donors (Lipinski definition) is 1. The van der Waals surface area contributed by atoms with Gasteiger partial charge in [0.1, 0.15) is 6.61 Å². The van der Waals surface area contributed by atoms with Crippen LogP contribution in [0.5, 0.6) is 11.5 Å². The lowest BCUT2D eigenvalue weighted by Gasteiger charge is -2.21. The maximum absolute atomic E-state index is 5.86. The molecule has 2 saturated heterocycles. The van der Waals surface area contributed by atoms with Crippen LogP contribution in [-0.2, 0) is 0 Å². The number of benzene rings is 1. The number of hydrogen-bond acceptors (Lipinski definition) is 4. The first-order chi connectivity index (χ1) is 10.4. The van der Waals surface area contributed by atoms with Gasteiger partial charge in [-0.2, -0.15) is 0 Å². The van der Waals surface area contributed by atoms with Crippen molar-refractivity contribution in [2.45, 2.75) is 38.3 Å². The first-order valence-corrected chi connectivity index (χ1v) is 8.20. The van der Waals surface area contributed by atoms with Gasteiger partial charge in [-0.15, -0.1) is 0 Å². The van der Waals surface area contributed by atoms with Gasteiger partial charge in [0.2, 0.25) is 0 Å². The fourth-order valence-corrected chi connectivity index (χ4v) is 3.57. The lowest BCUT2D eigenvalue weighted by atomic mass is 10.1. The van der Waals surface area contributed by atoms with Gasteiger partial charge < -0.3 is 14.8 Å². The fraction of sp³-hybridized carbons (Fsp3) is 0.647. The molecule has 3 rings (SSSR count). The van der Waals surface area contributed by atoms with Gasteiger partial charge in [-0.25, -0.2) is 0 Å². The number of para-hydroxylation sites is 2. The first-order valence-electron chi connectivity index (χ1n) is 8.20. The van der Waals surface area contributed by atoms with Crippen LogP contribution in [0.3, 0.4) is 0 Å². The van der Waals surface area contributed by atoms with Gasteiger partial charge in [-0.1, -0.05) is 12.1 Å². The zero-order valence-electron chi connectivity index (χ0n) is 12.9. The van der Waals surface area contributed by atoms with Gasteiger partial charge in [0.25, 0.3) is 0 Å². The van der Waals surface area contributed by atoms with Crippen molar-refractivity contribution < 1.29 is 9.47 Å². The predicted octanol–water partition coefficient (Wildman–Crippen LogP) is 2.29. The molecule has 0 aliphatic carbocycles. The van der Waals surface area contributed by atoms with Gasteiger partial charge in [-0.3, -0.25) is 4.90 Å². The molecule has 2 atom stereocenters. The Morgan fingerprint density at radius 2 is 1.95 bits per heavy atom. The van der Waals surface area contributed by atoms with E-state index >= 15 is 0 Å². The molecule has 2 heterocycles. The summed E-state index contributed by atoms with van der Waals surface area (Å²) in [7, 11) is 0. The van der Waals surface area contributed by atoms with E-state index in [9.17, 15) is 0 Å². The van der Waals surface area contributed by atoms with E-state index in [-0.39, 0.29) is 0 Å². The van der Waals surface area contributed by atoms with Crippen LogP contribution in [0.25, 0.3) is 0 Å². The average Bonchev–Trinajstić information content (AvgIpc) is 3.09. The summed E-state index contributed by atoms with van der Waals surface area (Å²) >= 11 is 0. The molecule has 116 valence electrons. The lowest BCUT2D eigenvalue weighted by molar-refractivity contribution is 0.260. The quantitative estimate of drug-likeness (QED) is 0.781. The third-order valence-corrected chi connectivity index (χ3v) is 4.52. The zero-order valence-corrected chi connectivity index (χ0v) is 12.9. The Hall–Kier alpha value is -1.26. The Labute approximate surface area is 127 Å². The monoisotopic (exact) mass is 290 g/mol. The van der Waals surface area contributed by atoms with Crippen molar-refractivity contribution >= 4 is 0 Å². The number of fused-ring (bicyclic) bond motifs is 1. The van der Waals surface area contributed by atoms with Crippen LogP contribution >= 0.6 is 0 Å². The number of nitrogens with zero attached hydrogens (tertiary/aromatic N) is 1. The minimum absolute atomic E-state index is 0.651. The van der Waals surface area contributed by atoms with Gasteiger partial charge in [0, 0.05) is 25.2 Å². The molecule has 21 heavy (non-hydrogen) atoms. The minimum Gasteiger partial charge on any atom is -0.490 e. The van der Waals surface area contributed by atoms with Crippen LogP contribution in [0.15, 0.2) is 24.3 Å². The van der Waals surface area contributed by atoms with Crippen LogP contribution in [-0.4, -0.2) is 49.8 Å². The topological polar surface area (TPSA) is 33.7 Å². The largest absolute Gasteiger partial charge is 0.490 e. The summed E-state index contributed by atoms with van der Waals surface area (Å²) in [5.74, 6) is 1.68. The fourth-order valence-electron chi connectivity index (χ4n) is 3.57. The summed E-state index contributed by atoms with van der Waals surface area (Å²) in [6, 6.07) is 9.31. The molecule has 1 aromatic carbocycles. The summed E-state index contributed by atoms with van der Waals surface area (Å²) in [5, 5.41) is 3.67. The minimum atomic E-state index is 0.651. The summed E-state index contributed by atoms with van der Waals surface area (Å²) in [6.45, 7) is 6.80. The number of rotatable bonds is 7. The van der Waals surface area contributed by atoms with Gasteiger partial charge in [-0.05, 0) is 44.9 Å². The van der Waals surface area contributed by atoms with Gasteiger partial charge in [0.15, 0.2) is 11.5 Å². The highest BCUT2D eigenvalue weighted by Gasteiger charge is 2.36. The number of nitrogens with one attached hydrogen (secondary N) is 1. The standard InChI is InChI=1S/C17H26N2O2/c1-2-20-16-7-3-4-8-17(16)21-13-10-18-14-9-12-19-11-5-6-15(14)19/h3-4,7-8,14-15,18H,2,5-6,9-13H2,1H3. The molecule has 2 unspecified atom stereocenters. The van der Waals surface area contributed by atoms with Gasteiger partial charge in [0.05, 0.1) is 6.61 Å². The van der Waals surface area contributed by atoms with Crippen molar-refractivity contribution in [2.24, 2.45) is 0 Å². The summed E-state index contributed by atoms with van der Waals surface area (Å²) in [6.07, 6.45) is 3.99. The molecule has 1 aromatic rings. The van der Waals surface area contributed by atoms with E-state index in [1.54, 1.807) is 0 Å². The molecule has 0 bridgehead atoms. The summed E-state index contributed by atoms with van der Waals surface area (Å²) in [5.41, 5.74) is 0. The number of ether oxygens (including phenoxy) is 2. The second-order valence-corrected chi connectivity index (χ2v) is 5.82. The molecule has 2 aliphatic rings. The van der Waals surface area contributed by atoms with Crippen LogP contribution in [0, 0.1) is 0 Å². The van der Waals surface area contributed by atoms with Crippen molar-refractivity contribution in [3.05, 3.63) is 24.3 Å². The molecule has 0 spiro atoms. The van der Waals surface area contributed by atoms with Crippen molar-refractivity contribution in [2.75, 3.05) is 32.8 Å². The summed E-state index contributed by atoms with van der Waals surface area (Å²) < 4.78 is 11.4. The smallest absolute Gasteiger partial charge is 0.161 e. The highest BCUT2D eigenvalue weighted by molar-refractivity contribution is 5.39. The molecule has 0 saturated carbocycles. The normalized spacial score (nSPS) is 25.0. The Morgan fingerprint density at radius 3 is 2.76 bits per heavy atom. The van der Waals surface area contributed by atoms with E-state index in [0.717, 1.165) is 24.1 Å². The Bertz CT molecular complexity index is 452. The van der Waals surface area contributed by atoms with Crippen LogP contribution in [0.1, 0.15) is 26.2 Å². The SMILES string of the molecule is CCOc1ccccc1OCCNC1CCN2CCCC12. The third kappa shape index (κ3) is 3.50. The highest BCUT2D eigenvalue weighted by Crippen LogP contribution is 2.28. The Morgan fingerprint density at radius 1 is 1.14 bits per heavy atom. The lowest BCUT2D eigenvalue weighted by Crippen LogP contribution is -2.40. The second kappa shape index (κ2) is 7.14. The van der Waals surface area contributed by atoms with E-state index in [4.69, 9.17) is 9.47 Å². The van der Waals surface area contributed by atoms with Crippen molar-refractivity contribution in [3.63, 3.8) is 0 Å². The second-order valence-electron chi connectivity index (χ2n) is 5.82. The van der Waals surface area contributed by atoms with Crippen LogP contribution < -0.4 is 14.8 Å². The van der Waals surface area contributed by atoms with E-state index in [1.807, 2.05) is 31.2 Å². The molecular formula is C17H26N2O2. The van der Waals surface area contributed by atoms with Crippen molar-refractivity contribution in [1.29, 1.82) is 0 Å². The molecule has 2 aliphatic heterocycles. The first kappa shape index (κ1) is 14.7. The maximum Gasteiger partial charge on any atom is 0.161 e. The third-order valence-electron chi connectivity index (χ3n) is 4.52. The van der Waals surface area contributed by atoms with E-state index in [1.165, 1.54) is 32.4 Å². The molecule has 2 fully saturated rings. The Balaban J connectivity index is 1.42. The van der Waals surface area contributed by atoms with E-state index < -0.39 is 0 Å². The van der Waals surface area contributed by atoms with Crippen LogP contribution in [0.4, 0.5) is 0 Å². The predicted molar refractivity (Wildman–Crippen MR) is 84.1 cm³/mol. The van der Waals surface area contributed by atoms with Crippen LogP contribution in [0.2, 0.25) is 0 Å². The Kier molecular flexibility index (Phi) is 4.99. The molecular weight excluding hydrogens is 264 g/mol. The molecule has 0 amide bonds. The van der Waals surface area contributed by atoms with Crippen molar-refractivity contribution in [3.8, 4) is 11.5 Å².